The molecule has 6 heteroatoms. The molecule has 3 rings (SSSR count). The highest BCUT2D eigenvalue weighted by molar-refractivity contribution is 5.79. The molecule has 0 spiro atoms. The minimum absolute atomic E-state index is 0.128. The van der Waals surface area contributed by atoms with Crippen LogP contribution in [-0.4, -0.2) is 10.5 Å². The van der Waals surface area contributed by atoms with Crippen molar-refractivity contribution in [3.8, 4) is 0 Å². The van der Waals surface area contributed by atoms with Gasteiger partial charge in [0.25, 0.3) is 0 Å². The average Bonchev–Trinajstić information content (AvgIpc) is 2.83. The van der Waals surface area contributed by atoms with Crippen LogP contribution in [0.1, 0.15) is 5.56 Å². The standard InChI is InChI=1S/C16H13FN2O3/c17-12-7-5-11(6-8-12)9-18-15(20)10-19-13-3-1-2-4-14(13)22-16(19)21/h1-8H,9-10H2,(H,18,20). The Morgan fingerprint density at radius 2 is 1.86 bits per heavy atom. The number of hydrogen-bond acceptors (Lipinski definition) is 3. The fraction of sp³-hybridized carbons (Fsp3) is 0.125. The molecule has 1 amide bonds. The van der Waals surface area contributed by atoms with Gasteiger partial charge in [-0.05, 0) is 29.8 Å². The predicted octanol–water partition coefficient (Wildman–Crippen LogP) is 2.05. The Bertz CT molecular complexity index is 865. The summed E-state index contributed by atoms with van der Waals surface area (Å²) in [6.45, 7) is 0.140. The largest absolute Gasteiger partial charge is 0.420 e. The van der Waals surface area contributed by atoms with Gasteiger partial charge in [-0.2, -0.15) is 0 Å². The SMILES string of the molecule is O=C(Cn1c(=O)oc2ccccc21)NCc1ccc(F)cc1. The molecule has 3 aromatic rings. The summed E-state index contributed by atoms with van der Waals surface area (Å²) >= 11 is 0. The number of hydrogen-bond donors (Lipinski definition) is 1. The van der Waals surface area contributed by atoms with Gasteiger partial charge < -0.3 is 9.73 Å². The van der Waals surface area contributed by atoms with Gasteiger partial charge in [0, 0.05) is 6.54 Å². The Morgan fingerprint density at radius 3 is 2.64 bits per heavy atom. The number of rotatable bonds is 4. The van der Waals surface area contributed by atoms with Crippen molar-refractivity contribution in [3.63, 3.8) is 0 Å². The zero-order chi connectivity index (χ0) is 15.5. The van der Waals surface area contributed by atoms with Gasteiger partial charge in [0.05, 0.1) is 5.52 Å². The zero-order valence-electron chi connectivity index (χ0n) is 11.6. The Labute approximate surface area is 125 Å². The zero-order valence-corrected chi connectivity index (χ0v) is 11.6. The second-order valence-electron chi connectivity index (χ2n) is 4.83. The first-order chi connectivity index (χ1) is 10.6. The van der Waals surface area contributed by atoms with Crippen LogP contribution >= 0.6 is 0 Å². The van der Waals surface area contributed by atoms with Crippen LogP contribution in [0.2, 0.25) is 0 Å². The number of benzene rings is 2. The van der Waals surface area contributed by atoms with Crippen molar-refractivity contribution >= 4 is 17.0 Å². The van der Waals surface area contributed by atoms with Crippen molar-refractivity contribution < 1.29 is 13.6 Å². The van der Waals surface area contributed by atoms with Crippen LogP contribution in [0.15, 0.2) is 57.7 Å². The topological polar surface area (TPSA) is 64.2 Å². The summed E-state index contributed by atoms with van der Waals surface area (Å²) in [6, 6.07) is 12.8. The summed E-state index contributed by atoms with van der Waals surface area (Å²) in [5, 5.41) is 2.69. The first-order valence-corrected chi connectivity index (χ1v) is 6.73. The molecular formula is C16H13FN2O3. The minimum atomic E-state index is -0.571. The van der Waals surface area contributed by atoms with E-state index in [4.69, 9.17) is 4.42 Å². The van der Waals surface area contributed by atoms with E-state index in [0.29, 0.717) is 11.1 Å². The fourth-order valence-electron chi connectivity index (χ4n) is 2.17. The second-order valence-corrected chi connectivity index (χ2v) is 4.83. The van der Waals surface area contributed by atoms with E-state index < -0.39 is 5.76 Å². The maximum absolute atomic E-state index is 12.8. The lowest BCUT2D eigenvalue weighted by Crippen LogP contribution is -2.30. The second kappa shape index (κ2) is 5.85. The molecule has 0 radical (unpaired) electrons. The molecule has 112 valence electrons. The Morgan fingerprint density at radius 1 is 1.14 bits per heavy atom. The van der Waals surface area contributed by atoms with Crippen molar-refractivity contribution in [3.05, 3.63) is 70.5 Å². The number of oxazole rings is 1. The summed E-state index contributed by atoms with van der Waals surface area (Å²) in [4.78, 5) is 23.7. The molecule has 0 aliphatic rings. The smallest absolute Gasteiger partial charge is 0.408 e. The van der Waals surface area contributed by atoms with E-state index in [0.717, 1.165) is 5.56 Å². The number of aromatic nitrogens is 1. The van der Waals surface area contributed by atoms with Crippen molar-refractivity contribution in [1.82, 2.24) is 9.88 Å². The number of para-hydroxylation sites is 2. The van der Waals surface area contributed by atoms with Gasteiger partial charge >= 0.3 is 5.76 Å². The minimum Gasteiger partial charge on any atom is -0.408 e. The number of carbonyl (C=O) groups is 1. The third kappa shape index (κ3) is 2.90. The van der Waals surface area contributed by atoms with Gasteiger partial charge in [-0.25, -0.2) is 9.18 Å². The van der Waals surface area contributed by atoms with Gasteiger partial charge in [-0.15, -0.1) is 0 Å². The first-order valence-electron chi connectivity index (χ1n) is 6.73. The van der Waals surface area contributed by atoms with Crippen molar-refractivity contribution in [2.24, 2.45) is 0 Å². The van der Waals surface area contributed by atoms with Gasteiger partial charge in [-0.1, -0.05) is 24.3 Å². The maximum atomic E-state index is 12.8. The molecule has 1 N–H and O–H groups in total. The van der Waals surface area contributed by atoms with Crippen LogP contribution in [0.4, 0.5) is 4.39 Å². The van der Waals surface area contributed by atoms with Crippen molar-refractivity contribution in [2.45, 2.75) is 13.1 Å². The van der Waals surface area contributed by atoms with Crippen LogP contribution in [0.25, 0.3) is 11.1 Å². The lowest BCUT2D eigenvalue weighted by atomic mass is 10.2. The lowest BCUT2D eigenvalue weighted by molar-refractivity contribution is -0.121. The Kier molecular flexibility index (Phi) is 3.74. The maximum Gasteiger partial charge on any atom is 0.420 e. The number of nitrogens with one attached hydrogen (secondary N) is 1. The lowest BCUT2D eigenvalue weighted by Gasteiger charge is -2.06. The van der Waals surface area contributed by atoms with E-state index in [1.165, 1.54) is 16.7 Å². The number of fused-ring (bicyclic) bond motifs is 1. The van der Waals surface area contributed by atoms with E-state index in [-0.39, 0.29) is 24.8 Å². The van der Waals surface area contributed by atoms with Gasteiger partial charge in [0.2, 0.25) is 5.91 Å². The summed E-state index contributed by atoms with van der Waals surface area (Å²) < 4.78 is 19.1. The molecule has 0 fully saturated rings. The van der Waals surface area contributed by atoms with E-state index in [1.807, 2.05) is 0 Å². The molecule has 2 aromatic carbocycles. The van der Waals surface area contributed by atoms with Crippen molar-refractivity contribution in [1.29, 1.82) is 0 Å². The highest BCUT2D eigenvalue weighted by Crippen LogP contribution is 2.11. The molecule has 0 aliphatic carbocycles. The quantitative estimate of drug-likeness (QED) is 0.802. The van der Waals surface area contributed by atoms with E-state index in [2.05, 4.69) is 5.32 Å². The number of carbonyl (C=O) groups excluding carboxylic acids is 1. The van der Waals surface area contributed by atoms with Gasteiger partial charge in [0.1, 0.15) is 12.4 Å². The monoisotopic (exact) mass is 300 g/mol. The number of nitrogens with zero attached hydrogens (tertiary/aromatic N) is 1. The highest BCUT2D eigenvalue weighted by atomic mass is 19.1. The summed E-state index contributed by atoms with van der Waals surface area (Å²) in [5.74, 6) is -1.22. The average molecular weight is 300 g/mol. The summed E-state index contributed by atoms with van der Waals surface area (Å²) in [6.07, 6.45) is 0. The van der Waals surface area contributed by atoms with E-state index in [9.17, 15) is 14.0 Å². The Hall–Kier alpha value is -2.89. The van der Waals surface area contributed by atoms with Crippen LogP contribution in [0, 0.1) is 5.82 Å². The molecule has 1 aromatic heterocycles. The molecule has 0 aliphatic heterocycles. The Balaban J connectivity index is 1.69. The molecule has 22 heavy (non-hydrogen) atoms. The van der Waals surface area contributed by atoms with Crippen LogP contribution in [0.5, 0.6) is 0 Å². The normalized spacial score (nSPS) is 10.8. The number of amides is 1. The van der Waals surface area contributed by atoms with Crippen molar-refractivity contribution in [2.75, 3.05) is 0 Å². The number of halogens is 1. The molecule has 0 unspecified atom stereocenters. The molecule has 5 nitrogen and oxygen atoms in total. The van der Waals surface area contributed by atoms with E-state index >= 15 is 0 Å². The predicted molar refractivity (Wildman–Crippen MR) is 78.7 cm³/mol. The van der Waals surface area contributed by atoms with E-state index in [1.54, 1.807) is 36.4 Å². The van der Waals surface area contributed by atoms with Crippen LogP contribution < -0.4 is 11.1 Å². The fourth-order valence-corrected chi connectivity index (χ4v) is 2.17. The third-order valence-electron chi connectivity index (χ3n) is 3.28. The van der Waals surface area contributed by atoms with Crippen LogP contribution in [-0.2, 0) is 17.9 Å². The summed E-state index contributed by atoms with van der Waals surface area (Å²) in [7, 11) is 0. The molecule has 0 atom stereocenters. The molecule has 0 bridgehead atoms. The van der Waals surface area contributed by atoms with Crippen LogP contribution in [0.3, 0.4) is 0 Å². The molecule has 0 saturated heterocycles. The molecule has 0 saturated carbocycles. The van der Waals surface area contributed by atoms with Gasteiger partial charge in [-0.3, -0.25) is 9.36 Å². The summed E-state index contributed by atoms with van der Waals surface area (Å²) in [5.41, 5.74) is 1.79. The highest BCUT2D eigenvalue weighted by Gasteiger charge is 2.11. The van der Waals surface area contributed by atoms with Gasteiger partial charge in [0.15, 0.2) is 5.58 Å². The first kappa shape index (κ1) is 14.1. The molecular weight excluding hydrogens is 287 g/mol. The molecule has 1 heterocycles. The third-order valence-corrected chi connectivity index (χ3v) is 3.28.